The summed E-state index contributed by atoms with van der Waals surface area (Å²) in [4.78, 5) is 2.70. The molecule has 17 heavy (non-hydrogen) atoms. The second-order valence-electron chi connectivity index (χ2n) is 3.91. The Kier molecular flexibility index (Phi) is 4.28. The van der Waals surface area contributed by atoms with Crippen molar-refractivity contribution in [2.45, 2.75) is 19.9 Å². The zero-order chi connectivity index (χ0) is 12.4. The van der Waals surface area contributed by atoms with Crippen LogP contribution in [0, 0.1) is 6.92 Å². The number of nitrogens with one attached hydrogen (secondary N) is 1. The molecule has 0 saturated heterocycles. The van der Waals surface area contributed by atoms with Crippen LogP contribution >= 0.6 is 43.2 Å². The molecular formula is C13H13Br2NS. The number of halogens is 2. The van der Waals surface area contributed by atoms with E-state index in [1.165, 1.54) is 9.75 Å². The van der Waals surface area contributed by atoms with Crippen molar-refractivity contribution in [3.05, 3.63) is 49.0 Å². The van der Waals surface area contributed by atoms with Gasteiger partial charge in [-0.15, -0.1) is 11.3 Å². The summed E-state index contributed by atoms with van der Waals surface area (Å²) in [6.45, 7) is 4.31. The number of thiophene rings is 1. The molecule has 0 fully saturated rings. The molecule has 0 bridgehead atoms. The molecule has 90 valence electrons. The van der Waals surface area contributed by atoms with Crippen LogP contribution < -0.4 is 5.32 Å². The number of anilines is 1. The Labute approximate surface area is 123 Å². The monoisotopic (exact) mass is 373 g/mol. The van der Waals surface area contributed by atoms with Crippen LogP contribution in [0.1, 0.15) is 22.7 Å². The Bertz CT molecular complexity index is 502. The molecule has 1 aromatic carbocycles. The van der Waals surface area contributed by atoms with Gasteiger partial charge in [0.05, 0.1) is 11.7 Å². The van der Waals surface area contributed by atoms with E-state index in [4.69, 9.17) is 0 Å². The molecule has 1 N–H and O–H groups in total. The Balaban J connectivity index is 2.21. The molecule has 1 atom stereocenters. The van der Waals surface area contributed by atoms with Gasteiger partial charge in [0.1, 0.15) is 0 Å². The second-order valence-corrected chi connectivity index (χ2v) is 6.94. The summed E-state index contributed by atoms with van der Waals surface area (Å²) in [5.41, 5.74) is 1.10. The van der Waals surface area contributed by atoms with Crippen LogP contribution in [0.4, 0.5) is 5.69 Å². The molecule has 2 rings (SSSR count). The molecular weight excluding hydrogens is 362 g/mol. The Morgan fingerprint density at radius 2 is 1.76 bits per heavy atom. The van der Waals surface area contributed by atoms with Crippen molar-refractivity contribution in [3.63, 3.8) is 0 Å². The maximum Gasteiger partial charge on any atom is 0.0633 e. The van der Waals surface area contributed by atoms with Gasteiger partial charge < -0.3 is 5.32 Å². The predicted octanol–water partition coefficient (Wildman–Crippen LogP) is 5.75. The number of hydrogen-bond acceptors (Lipinski definition) is 2. The van der Waals surface area contributed by atoms with Crippen LogP contribution in [-0.2, 0) is 0 Å². The highest BCUT2D eigenvalue weighted by Crippen LogP contribution is 2.34. The Morgan fingerprint density at radius 1 is 1.12 bits per heavy atom. The van der Waals surface area contributed by atoms with Gasteiger partial charge in [-0.2, -0.15) is 0 Å². The summed E-state index contributed by atoms with van der Waals surface area (Å²) < 4.78 is 2.15. The topological polar surface area (TPSA) is 12.0 Å². The van der Waals surface area contributed by atoms with Crippen molar-refractivity contribution in [2.75, 3.05) is 5.32 Å². The third-order valence-corrected chi connectivity index (χ3v) is 5.02. The van der Waals surface area contributed by atoms with Gasteiger partial charge in [-0.05, 0) is 70.0 Å². The van der Waals surface area contributed by atoms with Gasteiger partial charge in [0.2, 0.25) is 0 Å². The summed E-state index contributed by atoms with van der Waals surface area (Å²) >= 11 is 8.96. The molecule has 0 saturated carbocycles. The minimum absolute atomic E-state index is 0.309. The summed E-state index contributed by atoms with van der Waals surface area (Å²) in [6.07, 6.45) is 0. The average Bonchev–Trinajstić information content (AvgIpc) is 2.70. The maximum atomic E-state index is 3.56. The standard InChI is InChI=1S/C13H13Br2NS/c1-8-6-7-12(17-8)9(2)16-13-10(14)4-3-5-11(13)15/h3-7,9,16H,1-2H3. The minimum Gasteiger partial charge on any atom is -0.376 e. The van der Waals surface area contributed by atoms with E-state index in [-0.39, 0.29) is 0 Å². The largest absolute Gasteiger partial charge is 0.376 e. The molecule has 0 spiro atoms. The van der Waals surface area contributed by atoms with Gasteiger partial charge in [0.15, 0.2) is 0 Å². The number of aryl methyl sites for hydroxylation is 1. The highest BCUT2D eigenvalue weighted by molar-refractivity contribution is 9.11. The molecule has 0 aliphatic rings. The van der Waals surface area contributed by atoms with Gasteiger partial charge in [0, 0.05) is 18.7 Å². The molecule has 1 nitrogen and oxygen atoms in total. The Morgan fingerprint density at radius 3 is 2.29 bits per heavy atom. The summed E-state index contributed by atoms with van der Waals surface area (Å²) in [6, 6.07) is 10.7. The Hall–Kier alpha value is -0.320. The number of benzene rings is 1. The van der Waals surface area contributed by atoms with Crippen LogP contribution in [0.15, 0.2) is 39.3 Å². The van der Waals surface area contributed by atoms with E-state index in [0.717, 1.165) is 14.6 Å². The first-order chi connectivity index (χ1) is 8.08. The van der Waals surface area contributed by atoms with Crippen molar-refractivity contribution >= 4 is 48.9 Å². The van der Waals surface area contributed by atoms with Crippen LogP contribution in [0.25, 0.3) is 0 Å². The van der Waals surface area contributed by atoms with Crippen molar-refractivity contribution < 1.29 is 0 Å². The van der Waals surface area contributed by atoms with E-state index in [1.54, 1.807) is 0 Å². The highest BCUT2D eigenvalue weighted by Gasteiger charge is 2.11. The van der Waals surface area contributed by atoms with Gasteiger partial charge in [0.25, 0.3) is 0 Å². The molecule has 2 aromatic rings. The van der Waals surface area contributed by atoms with Gasteiger partial charge in [-0.1, -0.05) is 6.07 Å². The molecule has 0 radical (unpaired) electrons. The number of rotatable bonds is 3. The second kappa shape index (κ2) is 5.55. The summed E-state index contributed by atoms with van der Waals surface area (Å²) in [5, 5.41) is 3.52. The van der Waals surface area contributed by atoms with E-state index in [9.17, 15) is 0 Å². The van der Waals surface area contributed by atoms with E-state index >= 15 is 0 Å². The SMILES string of the molecule is Cc1ccc(C(C)Nc2c(Br)cccc2Br)s1. The normalized spacial score (nSPS) is 12.5. The number of hydrogen-bond donors (Lipinski definition) is 1. The first-order valence-electron chi connectivity index (χ1n) is 5.35. The van der Waals surface area contributed by atoms with Crippen LogP contribution in [0.3, 0.4) is 0 Å². The van der Waals surface area contributed by atoms with E-state index in [1.807, 2.05) is 29.5 Å². The fourth-order valence-electron chi connectivity index (χ4n) is 1.61. The molecule has 0 aliphatic carbocycles. The number of para-hydroxylation sites is 1. The fourth-order valence-corrected chi connectivity index (χ4v) is 3.72. The van der Waals surface area contributed by atoms with Crippen LogP contribution in [0.5, 0.6) is 0 Å². The maximum absolute atomic E-state index is 3.56. The van der Waals surface area contributed by atoms with Crippen LogP contribution in [-0.4, -0.2) is 0 Å². The van der Waals surface area contributed by atoms with Gasteiger partial charge in [-0.25, -0.2) is 0 Å². The lowest BCUT2D eigenvalue weighted by atomic mass is 10.2. The quantitative estimate of drug-likeness (QED) is 0.720. The molecule has 0 aliphatic heterocycles. The molecule has 1 heterocycles. The van der Waals surface area contributed by atoms with Gasteiger partial charge >= 0.3 is 0 Å². The smallest absolute Gasteiger partial charge is 0.0633 e. The van der Waals surface area contributed by atoms with Crippen molar-refractivity contribution in [2.24, 2.45) is 0 Å². The predicted molar refractivity (Wildman–Crippen MR) is 82.9 cm³/mol. The summed E-state index contributed by atoms with van der Waals surface area (Å²) in [7, 11) is 0. The summed E-state index contributed by atoms with van der Waals surface area (Å²) in [5.74, 6) is 0. The average molecular weight is 375 g/mol. The lowest BCUT2D eigenvalue weighted by molar-refractivity contribution is 0.905. The molecule has 1 aromatic heterocycles. The van der Waals surface area contributed by atoms with Crippen molar-refractivity contribution in [1.29, 1.82) is 0 Å². The third-order valence-electron chi connectivity index (χ3n) is 2.51. The zero-order valence-electron chi connectivity index (χ0n) is 9.63. The van der Waals surface area contributed by atoms with Crippen molar-refractivity contribution in [3.8, 4) is 0 Å². The molecule has 0 amide bonds. The van der Waals surface area contributed by atoms with E-state index in [0.29, 0.717) is 6.04 Å². The van der Waals surface area contributed by atoms with E-state index in [2.05, 4.69) is 63.2 Å². The molecule has 1 unspecified atom stereocenters. The highest BCUT2D eigenvalue weighted by atomic mass is 79.9. The minimum atomic E-state index is 0.309. The van der Waals surface area contributed by atoms with Crippen molar-refractivity contribution in [1.82, 2.24) is 0 Å². The third kappa shape index (κ3) is 3.12. The first-order valence-corrected chi connectivity index (χ1v) is 7.75. The fraction of sp³-hybridized carbons (Fsp3) is 0.231. The van der Waals surface area contributed by atoms with Crippen LogP contribution in [0.2, 0.25) is 0 Å². The molecule has 4 heteroatoms. The zero-order valence-corrected chi connectivity index (χ0v) is 13.6. The first kappa shape index (κ1) is 13.1. The lowest BCUT2D eigenvalue weighted by Crippen LogP contribution is -2.05. The van der Waals surface area contributed by atoms with E-state index < -0.39 is 0 Å². The lowest BCUT2D eigenvalue weighted by Gasteiger charge is -2.16. The van der Waals surface area contributed by atoms with Gasteiger partial charge in [-0.3, -0.25) is 0 Å².